The lowest BCUT2D eigenvalue weighted by Crippen LogP contribution is -2.20. The number of benzene rings is 1. The van der Waals surface area contributed by atoms with Gasteiger partial charge in [0.25, 0.3) is 0 Å². The van der Waals surface area contributed by atoms with E-state index in [0.29, 0.717) is 6.26 Å². The lowest BCUT2D eigenvalue weighted by molar-refractivity contribution is 0.0729. The highest BCUT2D eigenvalue weighted by molar-refractivity contribution is 7.86. The first-order valence-corrected chi connectivity index (χ1v) is 8.33. The van der Waals surface area contributed by atoms with E-state index in [2.05, 4.69) is 8.92 Å². The molecule has 0 aromatic heterocycles. The first-order chi connectivity index (χ1) is 11.0. The van der Waals surface area contributed by atoms with Crippen LogP contribution in [0.15, 0.2) is 0 Å². The standard InChI is InChI=1S/C13H15F3O7S/c1-22-12-10(15)8(13(19)23-24(2,20)21)7(9(14)11(12)16)6(18)4-3-5-17/h6,17-18H,3-5H2,1-2H3. The third-order valence-electron chi connectivity index (χ3n) is 2.92. The van der Waals surface area contributed by atoms with Crippen LogP contribution in [0.1, 0.15) is 34.9 Å². The van der Waals surface area contributed by atoms with Crippen molar-refractivity contribution in [1.82, 2.24) is 0 Å². The summed E-state index contributed by atoms with van der Waals surface area (Å²) < 4.78 is 72.6. The van der Waals surface area contributed by atoms with Gasteiger partial charge in [0.2, 0.25) is 5.82 Å². The van der Waals surface area contributed by atoms with Crippen LogP contribution in [-0.2, 0) is 14.3 Å². The summed E-state index contributed by atoms with van der Waals surface area (Å²) in [6, 6.07) is 0. The fourth-order valence-electron chi connectivity index (χ4n) is 1.96. The molecule has 0 fully saturated rings. The molecule has 1 aromatic carbocycles. The van der Waals surface area contributed by atoms with Crippen LogP contribution in [0.2, 0.25) is 0 Å². The topological polar surface area (TPSA) is 110 Å². The quantitative estimate of drug-likeness (QED) is 0.543. The number of hydrogen-bond acceptors (Lipinski definition) is 7. The van der Waals surface area contributed by atoms with Gasteiger partial charge in [-0.15, -0.1) is 0 Å². The molecular formula is C13H15F3O7S. The first kappa shape index (κ1) is 20.2. The van der Waals surface area contributed by atoms with Crippen molar-refractivity contribution in [2.24, 2.45) is 0 Å². The van der Waals surface area contributed by atoms with Crippen LogP contribution in [0.5, 0.6) is 5.75 Å². The molecule has 11 heteroatoms. The van der Waals surface area contributed by atoms with Crippen molar-refractivity contribution in [1.29, 1.82) is 0 Å². The van der Waals surface area contributed by atoms with Gasteiger partial charge >= 0.3 is 16.1 Å². The Hall–Kier alpha value is -1.85. The van der Waals surface area contributed by atoms with Gasteiger partial charge in [0.15, 0.2) is 17.4 Å². The molecule has 1 unspecified atom stereocenters. The highest BCUT2D eigenvalue weighted by Gasteiger charge is 2.34. The van der Waals surface area contributed by atoms with Gasteiger partial charge < -0.3 is 19.1 Å². The van der Waals surface area contributed by atoms with E-state index in [9.17, 15) is 31.5 Å². The van der Waals surface area contributed by atoms with Crippen LogP contribution in [0, 0.1) is 17.5 Å². The van der Waals surface area contributed by atoms with Crippen molar-refractivity contribution in [3.63, 3.8) is 0 Å². The molecule has 2 N–H and O–H groups in total. The summed E-state index contributed by atoms with van der Waals surface area (Å²) in [6.07, 6.45) is -1.83. The Kier molecular flexibility index (Phi) is 6.58. The molecule has 0 bridgehead atoms. The van der Waals surface area contributed by atoms with Gasteiger partial charge in [-0.3, -0.25) is 0 Å². The van der Waals surface area contributed by atoms with Gasteiger partial charge in [0.05, 0.1) is 19.5 Å². The smallest absolute Gasteiger partial charge is 0.357 e. The fourth-order valence-corrected chi connectivity index (χ4v) is 2.31. The van der Waals surface area contributed by atoms with E-state index < -0.39 is 63.1 Å². The van der Waals surface area contributed by atoms with Crippen molar-refractivity contribution >= 4 is 16.1 Å². The minimum atomic E-state index is -4.39. The number of halogens is 3. The van der Waals surface area contributed by atoms with Crippen LogP contribution in [0.4, 0.5) is 13.2 Å². The number of methoxy groups -OCH3 is 1. The molecule has 7 nitrogen and oxygen atoms in total. The molecular weight excluding hydrogens is 357 g/mol. The molecule has 0 saturated carbocycles. The Morgan fingerprint density at radius 1 is 1.21 bits per heavy atom. The molecule has 0 amide bonds. The van der Waals surface area contributed by atoms with E-state index in [0.717, 1.165) is 7.11 Å². The average Bonchev–Trinajstić information content (AvgIpc) is 2.46. The second-order valence-corrected chi connectivity index (χ2v) is 6.30. The normalized spacial score (nSPS) is 12.8. The van der Waals surface area contributed by atoms with Crippen LogP contribution < -0.4 is 4.74 Å². The monoisotopic (exact) mass is 372 g/mol. The van der Waals surface area contributed by atoms with E-state index in [1.54, 1.807) is 0 Å². The molecule has 0 spiro atoms. The maximum Gasteiger partial charge on any atom is 0.357 e. The number of ether oxygens (including phenoxy) is 1. The fraction of sp³-hybridized carbons (Fsp3) is 0.462. The Morgan fingerprint density at radius 3 is 2.25 bits per heavy atom. The predicted octanol–water partition coefficient (Wildman–Crippen LogP) is 1.03. The van der Waals surface area contributed by atoms with E-state index >= 15 is 0 Å². The zero-order chi connectivity index (χ0) is 18.7. The molecule has 0 aliphatic rings. The van der Waals surface area contributed by atoms with Gasteiger partial charge in [-0.2, -0.15) is 12.8 Å². The van der Waals surface area contributed by atoms with Gasteiger partial charge in [0.1, 0.15) is 5.56 Å². The molecule has 0 radical (unpaired) electrons. The SMILES string of the molecule is COc1c(F)c(F)c(C(O)CCCO)c(C(=O)OS(C)(=O)=O)c1F. The Balaban J connectivity index is 3.62. The summed E-state index contributed by atoms with van der Waals surface area (Å²) in [6.45, 7) is -0.414. The zero-order valence-electron chi connectivity index (χ0n) is 12.7. The molecule has 1 rings (SSSR count). The molecule has 0 saturated heterocycles. The van der Waals surface area contributed by atoms with Crippen LogP contribution in [0.25, 0.3) is 0 Å². The number of carbonyl (C=O) groups excluding carboxylic acids is 1. The lowest BCUT2D eigenvalue weighted by Gasteiger charge is -2.18. The molecule has 136 valence electrons. The van der Waals surface area contributed by atoms with E-state index in [-0.39, 0.29) is 12.8 Å². The third-order valence-corrected chi connectivity index (χ3v) is 3.38. The molecule has 0 heterocycles. The molecule has 1 aromatic rings. The van der Waals surface area contributed by atoms with Gasteiger partial charge in [-0.25, -0.2) is 13.6 Å². The number of aliphatic hydroxyl groups excluding tert-OH is 2. The summed E-state index contributed by atoms with van der Waals surface area (Å²) in [5.74, 6) is -8.43. The molecule has 0 aliphatic heterocycles. The Labute approximate surface area is 135 Å². The first-order valence-electron chi connectivity index (χ1n) is 6.52. The van der Waals surface area contributed by atoms with Gasteiger partial charge in [0, 0.05) is 12.2 Å². The maximum atomic E-state index is 14.3. The Bertz CT molecular complexity index is 734. The molecule has 0 aliphatic carbocycles. The highest BCUT2D eigenvalue weighted by atomic mass is 32.2. The van der Waals surface area contributed by atoms with Crippen LogP contribution >= 0.6 is 0 Å². The van der Waals surface area contributed by atoms with E-state index in [1.165, 1.54) is 0 Å². The minimum Gasteiger partial charge on any atom is -0.491 e. The van der Waals surface area contributed by atoms with Crippen LogP contribution in [-0.4, -0.2) is 44.6 Å². The van der Waals surface area contributed by atoms with Gasteiger partial charge in [-0.05, 0) is 12.8 Å². The number of carbonyl (C=O) groups is 1. The number of rotatable bonds is 7. The van der Waals surface area contributed by atoms with E-state index in [1.807, 2.05) is 0 Å². The second kappa shape index (κ2) is 7.81. The molecule has 1 atom stereocenters. The summed E-state index contributed by atoms with van der Waals surface area (Å²) in [4.78, 5) is 11.9. The predicted molar refractivity (Wildman–Crippen MR) is 74.4 cm³/mol. The number of aliphatic hydroxyl groups is 2. The highest BCUT2D eigenvalue weighted by Crippen LogP contribution is 2.36. The average molecular weight is 372 g/mol. The van der Waals surface area contributed by atoms with Crippen molar-refractivity contribution in [2.75, 3.05) is 20.0 Å². The second-order valence-electron chi connectivity index (χ2n) is 4.72. The maximum absolute atomic E-state index is 14.3. The van der Waals surface area contributed by atoms with E-state index in [4.69, 9.17) is 5.11 Å². The van der Waals surface area contributed by atoms with Crippen molar-refractivity contribution in [2.45, 2.75) is 18.9 Å². The summed E-state index contributed by atoms with van der Waals surface area (Å²) >= 11 is 0. The van der Waals surface area contributed by atoms with Crippen LogP contribution in [0.3, 0.4) is 0 Å². The summed E-state index contributed by atoms with van der Waals surface area (Å²) in [7, 11) is -3.58. The third kappa shape index (κ3) is 4.36. The number of hydrogen-bond donors (Lipinski definition) is 2. The summed E-state index contributed by atoms with van der Waals surface area (Å²) in [5.41, 5.74) is -2.42. The minimum absolute atomic E-state index is 0.0730. The molecule has 24 heavy (non-hydrogen) atoms. The Morgan fingerprint density at radius 2 is 1.79 bits per heavy atom. The zero-order valence-corrected chi connectivity index (χ0v) is 13.5. The van der Waals surface area contributed by atoms with Crippen molar-refractivity contribution < 1.29 is 45.5 Å². The lowest BCUT2D eigenvalue weighted by atomic mass is 9.97. The summed E-state index contributed by atoms with van der Waals surface area (Å²) in [5, 5.41) is 18.6. The van der Waals surface area contributed by atoms with Crippen molar-refractivity contribution in [3.05, 3.63) is 28.6 Å². The van der Waals surface area contributed by atoms with Gasteiger partial charge in [-0.1, -0.05) is 0 Å². The van der Waals surface area contributed by atoms with Crippen molar-refractivity contribution in [3.8, 4) is 5.75 Å². The largest absolute Gasteiger partial charge is 0.491 e.